The average molecular weight is 489 g/mol. The summed E-state index contributed by atoms with van der Waals surface area (Å²) in [5.41, 5.74) is 7.59. The molecule has 6 rings (SSSR count). The van der Waals surface area contributed by atoms with Crippen LogP contribution < -0.4 is 15.6 Å². The summed E-state index contributed by atoms with van der Waals surface area (Å²) in [5.74, 6) is 0. The molecule has 37 heavy (non-hydrogen) atoms. The second-order valence-electron chi connectivity index (χ2n) is 9.41. The lowest BCUT2D eigenvalue weighted by Crippen LogP contribution is -2.52. The third-order valence-corrected chi connectivity index (χ3v) is 10.1. The number of hydrogen-bond donors (Lipinski definition) is 0. The molecule has 0 bridgehead atoms. The van der Waals surface area contributed by atoms with Gasteiger partial charge in [0.1, 0.15) is 8.80 Å². The van der Waals surface area contributed by atoms with Gasteiger partial charge < -0.3 is 0 Å². The molecule has 0 radical (unpaired) electrons. The van der Waals surface area contributed by atoms with E-state index in [2.05, 4.69) is 164 Å². The van der Waals surface area contributed by atoms with Crippen molar-refractivity contribution in [2.45, 2.75) is 0 Å². The second kappa shape index (κ2) is 10.7. The van der Waals surface area contributed by atoms with Crippen molar-refractivity contribution in [3.63, 3.8) is 0 Å². The van der Waals surface area contributed by atoms with Gasteiger partial charge in [-0.1, -0.05) is 179 Å². The Balaban J connectivity index is 1.51. The molecule has 0 saturated carbocycles. The van der Waals surface area contributed by atoms with Gasteiger partial charge in [0.05, 0.1) is 0 Å². The average Bonchev–Trinajstić information content (AvgIpc) is 2.99. The largest absolute Gasteiger partial charge is 0.133 e. The van der Waals surface area contributed by atoms with Crippen molar-refractivity contribution >= 4 is 24.4 Å². The van der Waals surface area contributed by atoms with E-state index in [1.165, 1.54) is 48.9 Å². The molecule has 0 N–H and O–H groups in total. The summed E-state index contributed by atoms with van der Waals surface area (Å²) < 4.78 is 0. The quantitative estimate of drug-likeness (QED) is 0.176. The Morgan fingerprint density at radius 1 is 0.243 bits per heavy atom. The predicted molar refractivity (Wildman–Crippen MR) is 162 cm³/mol. The lowest BCUT2D eigenvalue weighted by atomic mass is 10.1. The van der Waals surface area contributed by atoms with Crippen LogP contribution in [-0.2, 0) is 0 Å². The fourth-order valence-corrected chi connectivity index (χ4v) is 8.27. The highest BCUT2D eigenvalue weighted by Crippen LogP contribution is 2.21. The first-order valence-corrected chi connectivity index (χ1v) is 14.5. The molecule has 0 aromatic heterocycles. The van der Waals surface area contributed by atoms with Crippen LogP contribution >= 0.6 is 0 Å². The summed E-state index contributed by atoms with van der Waals surface area (Å²) in [5, 5.41) is 4.28. The minimum absolute atomic E-state index is 1.26. The molecule has 0 nitrogen and oxygen atoms in total. The zero-order valence-corrected chi connectivity index (χ0v) is 21.8. The van der Waals surface area contributed by atoms with Crippen LogP contribution in [0.25, 0.3) is 33.4 Å². The van der Waals surface area contributed by atoms with Crippen molar-refractivity contribution in [1.29, 1.82) is 0 Å². The first-order valence-electron chi connectivity index (χ1n) is 12.8. The van der Waals surface area contributed by atoms with E-state index in [0.717, 1.165) is 0 Å². The monoisotopic (exact) mass is 488 g/mol. The smallest absolute Gasteiger partial charge is 0.0625 e. The molecule has 0 amide bonds. The highest BCUT2D eigenvalue weighted by Gasteiger charge is 2.21. The number of rotatable bonds is 6. The predicted octanol–water partition coefficient (Wildman–Crippen LogP) is 6.94. The van der Waals surface area contributed by atoms with Crippen LogP contribution in [0.4, 0.5) is 0 Å². The van der Waals surface area contributed by atoms with E-state index < -0.39 is 8.80 Å². The third kappa shape index (κ3) is 5.09. The Hall–Kier alpha value is -4.46. The Kier molecular flexibility index (Phi) is 6.61. The van der Waals surface area contributed by atoms with Gasteiger partial charge in [0.2, 0.25) is 0 Å². The zero-order valence-electron chi connectivity index (χ0n) is 20.7. The topological polar surface area (TPSA) is 0 Å². The molecule has 1 heteroatoms. The van der Waals surface area contributed by atoms with Gasteiger partial charge in [-0.15, -0.1) is 0 Å². The standard InChI is InChI=1S/C36H28Si/c1-4-13-28(14-5-1)31-19-10-22-34(25-31)37(35-23-11-20-32(26-35)29-15-6-2-7-16-29)36-24-12-21-33(27-36)30-17-8-3-9-18-30/h1-27,37H. The normalized spacial score (nSPS) is 10.9. The van der Waals surface area contributed by atoms with Gasteiger partial charge in [0.25, 0.3) is 0 Å². The maximum Gasteiger partial charge on any atom is 0.133 e. The summed E-state index contributed by atoms with van der Waals surface area (Å²) in [6, 6.07) is 59.7. The van der Waals surface area contributed by atoms with E-state index in [9.17, 15) is 0 Å². The first kappa shape index (κ1) is 23.0. The summed E-state index contributed by atoms with van der Waals surface area (Å²) in [6.07, 6.45) is 0. The summed E-state index contributed by atoms with van der Waals surface area (Å²) in [4.78, 5) is 0. The molecule has 6 aromatic carbocycles. The van der Waals surface area contributed by atoms with E-state index >= 15 is 0 Å². The van der Waals surface area contributed by atoms with Crippen LogP contribution in [-0.4, -0.2) is 8.80 Å². The molecular formula is C36H28Si. The maximum atomic E-state index is 2.41. The van der Waals surface area contributed by atoms with Gasteiger partial charge >= 0.3 is 0 Å². The van der Waals surface area contributed by atoms with E-state index in [1.54, 1.807) is 0 Å². The van der Waals surface area contributed by atoms with Crippen LogP contribution in [0, 0.1) is 0 Å². The van der Waals surface area contributed by atoms with Gasteiger partial charge in [-0.05, 0) is 33.4 Å². The van der Waals surface area contributed by atoms with Crippen LogP contribution in [0.15, 0.2) is 164 Å². The fraction of sp³-hybridized carbons (Fsp3) is 0. The van der Waals surface area contributed by atoms with Crippen molar-refractivity contribution in [3.05, 3.63) is 164 Å². The van der Waals surface area contributed by atoms with Gasteiger partial charge in [0.15, 0.2) is 0 Å². The molecule has 0 spiro atoms. The Bertz CT molecular complexity index is 1410. The van der Waals surface area contributed by atoms with Crippen molar-refractivity contribution in [2.75, 3.05) is 0 Å². The number of benzene rings is 6. The molecular weight excluding hydrogens is 460 g/mol. The van der Waals surface area contributed by atoms with E-state index in [4.69, 9.17) is 0 Å². The molecule has 0 aliphatic rings. The molecule has 176 valence electrons. The lowest BCUT2D eigenvalue weighted by molar-refractivity contribution is 1.62. The Labute approximate surface area is 221 Å². The minimum Gasteiger partial charge on any atom is -0.0625 e. The van der Waals surface area contributed by atoms with E-state index in [1.807, 2.05) is 0 Å². The van der Waals surface area contributed by atoms with Crippen LogP contribution in [0.1, 0.15) is 0 Å². The molecule has 0 saturated heterocycles. The zero-order chi connectivity index (χ0) is 24.9. The highest BCUT2D eigenvalue weighted by molar-refractivity contribution is 6.95. The first-order chi connectivity index (χ1) is 18.3. The van der Waals surface area contributed by atoms with Gasteiger partial charge in [-0.3, -0.25) is 0 Å². The van der Waals surface area contributed by atoms with Crippen molar-refractivity contribution in [3.8, 4) is 33.4 Å². The molecule has 0 fully saturated rings. The second-order valence-corrected chi connectivity index (χ2v) is 12.3. The lowest BCUT2D eigenvalue weighted by Gasteiger charge is -2.20. The molecule has 0 aliphatic heterocycles. The summed E-state index contributed by atoms with van der Waals surface area (Å²) >= 11 is 0. The van der Waals surface area contributed by atoms with Crippen molar-refractivity contribution in [2.24, 2.45) is 0 Å². The van der Waals surface area contributed by atoms with Gasteiger partial charge in [0, 0.05) is 0 Å². The molecule has 6 aromatic rings. The molecule has 0 unspecified atom stereocenters. The summed E-state index contributed by atoms with van der Waals surface area (Å²) in [6.45, 7) is 0. The van der Waals surface area contributed by atoms with Crippen molar-refractivity contribution in [1.82, 2.24) is 0 Å². The molecule has 0 aliphatic carbocycles. The highest BCUT2D eigenvalue weighted by atomic mass is 28.3. The Morgan fingerprint density at radius 2 is 0.514 bits per heavy atom. The van der Waals surface area contributed by atoms with Gasteiger partial charge in [-0.25, -0.2) is 0 Å². The van der Waals surface area contributed by atoms with Crippen LogP contribution in [0.5, 0.6) is 0 Å². The SMILES string of the molecule is c1ccc(-c2cccc([SiH](c3cccc(-c4ccccc4)c3)c3cccc(-c4ccccc4)c3)c2)cc1. The fourth-order valence-electron chi connectivity index (χ4n) is 5.16. The van der Waals surface area contributed by atoms with E-state index in [-0.39, 0.29) is 0 Å². The number of hydrogen-bond acceptors (Lipinski definition) is 0. The minimum atomic E-state index is -1.76. The third-order valence-electron chi connectivity index (χ3n) is 6.98. The maximum absolute atomic E-state index is 2.41. The van der Waals surface area contributed by atoms with Crippen molar-refractivity contribution < 1.29 is 0 Å². The van der Waals surface area contributed by atoms with Crippen LogP contribution in [0.3, 0.4) is 0 Å². The Morgan fingerprint density at radius 3 is 0.811 bits per heavy atom. The molecule has 0 atom stereocenters. The van der Waals surface area contributed by atoms with E-state index in [0.29, 0.717) is 0 Å². The summed E-state index contributed by atoms with van der Waals surface area (Å²) in [7, 11) is -1.76. The molecule has 0 heterocycles. The van der Waals surface area contributed by atoms with Crippen LogP contribution in [0.2, 0.25) is 0 Å². The van der Waals surface area contributed by atoms with Gasteiger partial charge in [-0.2, -0.15) is 0 Å².